The Balaban J connectivity index is 2.27. The number of carbonyl (C=O) groups is 1. The van der Waals surface area contributed by atoms with Crippen LogP contribution in [0.25, 0.3) is 0 Å². The zero-order chi connectivity index (χ0) is 15.8. The smallest absolute Gasteiger partial charge is 0.255 e. The van der Waals surface area contributed by atoms with Gasteiger partial charge in [-0.1, -0.05) is 32.9 Å². The van der Waals surface area contributed by atoms with Gasteiger partial charge < -0.3 is 10.0 Å². The van der Waals surface area contributed by atoms with Gasteiger partial charge in [0.25, 0.3) is 5.91 Å². The van der Waals surface area contributed by atoms with Crippen molar-refractivity contribution < 1.29 is 18.3 Å². The largest absolute Gasteiger partial charge is 0.386 e. The van der Waals surface area contributed by atoms with E-state index in [0.29, 0.717) is 0 Å². The van der Waals surface area contributed by atoms with E-state index in [-0.39, 0.29) is 41.1 Å². The molecule has 0 saturated carbocycles. The lowest BCUT2D eigenvalue weighted by atomic mass is 9.82. The molecule has 1 heterocycles. The average Bonchev–Trinajstić information content (AvgIpc) is 2.43. The van der Waals surface area contributed by atoms with E-state index in [1.807, 2.05) is 13.8 Å². The van der Waals surface area contributed by atoms with Crippen LogP contribution in [0.4, 0.5) is 0 Å². The summed E-state index contributed by atoms with van der Waals surface area (Å²) in [6, 6.07) is 6.24. The summed E-state index contributed by atoms with van der Waals surface area (Å²) in [6.45, 7) is 5.83. The first-order valence-electron chi connectivity index (χ1n) is 7.04. The Morgan fingerprint density at radius 2 is 1.90 bits per heavy atom. The third-order valence-corrected chi connectivity index (χ3v) is 5.91. The molecular weight excluding hydrogens is 290 g/mol. The van der Waals surface area contributed by atoms with Crippen LogP contribution in [0.1, 0.15) is 31.1 Å². The van der Waals surface area contributed by atoms with Gasteiger partial charge in [-0.3, -0.25) is 4.79 Å². The van der Waals surface area contributed by atoms with Crippen molar-refractivity contribution >= 4 is 15.7 Å². The molecule has 0 aliphatic carbocycles. The Morgan fingerprint density at radius 1 is 1.33 bits per heavy atom. The maximum atomic E-state index is 12.5. The highest BCUT2D eigenvalue weighted by atomic mass is 32.2. The van der Waals surface area contributed by atoms with E-state index in [2.05, 4.69) is 0 Å². The molecule has 1 amide bonds. The minimum absolute atomic E-state index is 0.0484. The zero-order valence-electron chi connectivity index (χ0n) is 12.5. The van der Waals surface area contributed by atoms with E-state index in [1.165, 1.54) is 17.0 Å². The van der Waals surface area contributed by atoms with Crippen LogP contribution in [0.15, 0.2) is 29.2 Å². The third-order valence-electron chi connectivity index (χ3n) is 4.12. The van der Waals surface area contributed by atoms with Crippen molar-refractivity contribution in [2.45, 2.75) is 31.3 Å². The van der Waals surface area contributed by atoms with Crippen LogP contribution in [0, 0.1) is 5.92 Å². The first-order valence-corrected chi connectivity index (χ1v) is 8.70. The standard InChI is InChI=1S/C15H21NO4S/c1-4-21(19,20)13-8-6-5-7-12(13)14(17)16-9-15(18,10-16)11(2)3/h5-8,11,18H,4,9-10H2,1-3H3. The molecule has 2 rings (SSSR count). The predicted molar refractivity (Wildman–Crippen MR) is 79.9 cm³/mol. The van der Waals surface area contributed by atoms with Crippen molar-refractivity contribution in [2.75, 3.05) is 18.8 Å². The average molecular weight is 311 g/mol. The maximum absolute atomic E-state index is 12.5. The number of likely N-dealkylation sites (tertiary alicyclic amines) is 1. The quantitative estimate of drug-likeness (QED) is 0.910. The van der Waals surface area contributed by atoms with E-state index in [4.69, 9.17) is 0 Å². The van der Waals surface area contributed by atoms with E-state index < -0.39 is 15.4 Å². The van der Waals surface area contributed by atoms with Crippen LogP contribution in [0.5, 0.6) is 0 Å². The molecule has 116 valence electrons. The van der Waals surface area contributed by atoms with Gasteiger partial charge in [-0.05, 0) is 18.1 Å². The van der Waals surface area contributed by atoms with Crippen LogP contribution in [0.3, 0.4) is 0 Å². The molecule has 0 aromatic heterocycles. The van der Waals surface area contributed by atoms with Crippen LogP contribution in [-0.2, 0) is 9.84 Å². The van der Waals surface area contributed by atoms with Gasteiger partial charge in [0.1, 0.15) is 5.60 Å². The van der Waals surface area contributed by atoms with Gasteiger partial charge in [0, 0.05) is 0 Å². The fourth-order valence-electron chi connectivity index (χ4n) is 2.36. The molecule has 0 atom stereocenters. The number of sulfone groups is 1. The molecular formula is C15H21NO4S. The zero-order valence-corrected chi connectivity index (χ0v) is 13.4. The summed E-state index contributed by atoms with van der Waals surface area (Å²) in [4.78, 5) is 14.0. The lowest BCUT2D eigenvalue weighted by Crippen LogP contribution is -2.66. The Kier molecular flexibility index (Phi) is 4.13. The monoisotopic (exact) mass is 311 g/mol. The summed E-state index contributed by atoms with van der Waals surface area (Å²) in [5.41, 5.74) is -0.682. The summed E-state index contributed by atoms with van der Waals surface area (Å²) in [5.74, 6) is -0.336. The number of amides is 1. The fourth-order valence-corrected chi connectivity index (χ4v) is 3.45. The molecule has 6 heteroatoms. The van der Waals surface area contributed by atoms with E-state index in [0.717, 1.165) is 0 Å². The number of carbonyl (C=O) groups excluding carboxylic acids is 1. The number of aliphatic hydroxyl groups is 1. The number of benzene rings is 1. The van der Waals surface area contributed by atoms with Gasteiger partial charge in [-0.15, -0.1) is 0 Å². The fraction of sp³-hybridized carbons (Fsp3) is 0.533. The summed E-state index contributed by atoms with van der Waals surface area (Å²) >= 11 is 0. The molecule has 1 saturated heterocycles. The first kappa shape index (κ1) is 16.0. The number of hydrogen-bond acceptors (Lipinski definition) is 4. The molecule has 0 spiro atoms. The lowest BCUT2D eigenvalue weighted by molar-refractivity contribution is -0.110. The Morgan fingerprint density at radius 3 is 2.43 bits per heavy atom. The Hall–Kier alpha value is -1.40. The molecule has 1 aliphatic heterocycles. The van der Waals surface area contributed by atoms with Gasteiger partial charge in [-0.2, -0.15) is 0 Å². The van der Waals surface area contributed by atoms with Crippen molar-refractivity contribution in [1.29, 1.82) is 0 Å². The second-order valence-corrected chi connectivity index (χ2v) is 8.07. The maximum Gasteiger partial charge on any atom is 0.255 e. The lowest BCUT2D eigenvalue weighted by Gasteiger charge is -2.49. The van der Waals surface area contributed by atoms with Gasteiger partial charge in [0.05, 0.1) is 29.3 Å². The molecule has 1 aromatic rings. The molecule has 0 unspecified atom stereocenters. The van der Waals surface area contributed by atoms with Gasteiger partial charge in [-0.25, -0.2) is 8.42 Å². The minimum atomic E-state index is -3.45. The molecule has 0 radical (unpaired) electrons. The van der Waals surface area contributed by atoms with Crippen molar-refractivity contribution in [1.82, 2.24) is 4.90 Å². The van der Waals surface area contributed by atoms with Crippen LogP contribution in [0.2, 0.25) is 0 Å². The van der Waals surface area contributed by atoms with Crippen molar-refractivity contribution in [2.24, 2.45) is 5.92 Å². The molecule has 0 bridgehead atoms. The molecule has 1 N–H and O–H groups in total. The highest BCUT2D eigenvalue weighted by Crippen LogP contribution is 2.31. The first-order chi connectivity index (χ1) is 9.71. The number of nitrogens with zero attached hydrogens (tertiary/aromatic N) is 1. The molecule has 1 fully saturated rings. The third kappa shape index (κ3) is 2.82. The van der Waals surface area contributed by atoms with E-state index in [9.17, 15) is 18.3 Å². The summed E-state index contributed by atoms with van der Waals surface area (Å²) in [5, 5.41) is 10.2. The number of β-amino-alcohol motifs (C(OH)–C–C–N with tert-alkyl or cyclic N) is 1. The van der Waals surface area contributed by atoms with Gasteiger partial charge in [0.2, 0.25) is 0 Å². The Bertz CT molecular complexity index is 645. The summed E-state index contributed by atoms with van der Waals surface area (Å²) < 4.78 is 24.1. The minimum Gasteiger partial charge on any atom is -0.386 e. The SMILES string of the molecule is CCS(=O)(=O)c1ccccc1C(=O)N1CC(O)(C(C)C)C1. The van der Waals surface area contributed by atoms with Crippen LogP contribution < -0.4 is 0 Å². The van der Waals surface area contributed by atoms with E-state index >= 15 is 0 Å². The van der Waals surface area contributed by atoms with Crippen molar-refractivity contribution in [3.63, 3.8) is 0 Å². The summed E-state index contributed by atoms with van der Waals surface area (Å²) in [6.07, 6.45) is 0. The van der Waals surface area contributed by atoms with Crippen molar-refractivity contribution in [3.05, 3.63) is 29.8 Å². The molecule has 1 aromatic carbocycles. The normalized spacial score (nSPS) is 17.7. The second-order valence-electron chi connectivity index (χ2n) is 5.82. The van der Waals surface area contributed by atoms with E-state index in [1.54, 1.807) is 19.1 Å². The van der Waals surface area contributed by atoms with Crippen LogP contribution >= 0.6 is 0 Å². The predicted octanol–water partition coefficient (Wildman–Crippen LogP) is 1.32. The van der Waals surface area contributed by atoms with Crippen molar-refractivity contribution in [3.8, 4) is 0 Å². The molecule has 5 nitrogen and oxygen atoms in total. The number of rotatable bonds is 4. The second kappa shape index (κ2) is 5.42. The highest BCUT2D eigenvalue weighted by molar-refractivity contribution is 7.91. The molecule has 1 aliphatic rings. The topological polar surface area (TPSA) is 74.7 Å². The van der Waals surface area contributed by atoms with Crippen LogP contribution in [-0.4, -0.2) is 48.8 Å². The molecule has 21 heavy (non-hydrogen) atoms. The Labute approximate surface area is 125 Å². The summed E-state index contributed by atoms with van der Waals surface area (Å²) in [7, 11) is -3.45. The highest BCUT2D eigenvalue weighted by Gasteiger charge is 2.46. The number of hydrogen-bond donors (Lipinski definition) is 1. The van der Waals surface area contributed by atoms with Gasteiger partial charge in [0.15, 0.2) is 9.84 Å². The van der Waals surface area contributed by atoms with Gasteiger partial charge >= 0.3 is 0 Å².